The summed E-state index contributed by atoms with van der Waals surface area (Å²) in [6.07, 6.45) is 12.4. The van der Waals surface area contributed by atoms with Crippen molar-refractivity contribution in [1.82, 2.24) is 0 Å². The summed E-state index contributed by atoms with van der Waals surface area (Å²) in [6.45, 7) is 4.44. The lowest BCUT2D eigenvalue weighted by molar-refractivity contribution is 0.614. The first-order valence-corrected chi connectivity index (χ1v) is 7.19. The van der Waals surface area contributed by atoms with E-state index in [2.05, 4.69) is 50.3 Å². The van der Waals surface area contributed by atoms with Crippen molar-refractivity contribution in [3.05, 3.63) is 54.1 Å². The molecule has 0 fully saturated rings. The second-order valence-corrected chi connectivity index (χ2v) is 4.93. The highest BCUT2D eigenvalue weighted by atomic mass is 14.3. The van der Waals surface area contributed by atoms with Crippen molar-refractivity contribution in [3.8, 4) is 0 Å². The summed E-state index contributed by atoms with van der Waals surface area (Å²) in [5, 5.41) is 7.28. The Hall–Kier alpha value is -1.63. The smallest absolute Gasteiger partial charge is 0.0180 e. The first-order valence-electron chi connectivity index (χ1n) is 7.19. The Morgan fingerprint density at radius 1 is 1.26 bits per heavy atom. The molecule has 1 heteroatoms. The van der Waals surface area contributed by atoms with E-state index in [0.29, 0.717) is 5.92 Å². The van der Waals surface area contributed by atoms with Crippen molar-refractivity contribution in [3.63, 3.8) is 0 Å². The molecule has 0 aliphatic carbocycles. The van der Waals surface area contributed by atoms with Crippen LogP contribution in [0.15, 0.2) is 48.6 Å². The van der Waals surface area contributed by atoms with Gasteiger partial charge in [0.1, 0.15) is 0 Å². The van der Waals surface area contributed by atoms with E-state index in [1.165, 1.54) is 30.2 Å². The number of nitrogens with one attached hydrogen (secondary N) is 1. The molecule has 102 valence electrons. The van der Waals surface area contributed by atoms with Crippen LogP contribution in [0, 0.1) is 11.3 Å². The molecule has 1 aromatic carbocycles. The van der Waals surface area contributed by atoms with Crippen LogP contribution in [0.4, 0.5) is 0 Å². The predicted molar refractivity (Wildman–Crippen MR) is 85.6 cm³/mol. The Labute approximate surface area is 117 Å². The van der Waals surface area contributed by atoms with Crippen LogP contribution in [0.25, 0.3) is 5.57 Å². The van der Waals surface area contributed by atoms with Crippen molar-refractivity contribution in [2.75, 3.05) is 0 Å². The number of benzene rings is 1. The molecule has 1 aromatic rings. The zero-order valence-electron chi connectivity index (χ0n) is 12.1. The molecular weight excluding hydrogens is 230 g/mol. The van der Waals surface area contributed by atoms with Crippen molar-refractivity contribution in [1.29, 1.82) is 5.41 Å². The van der Waals surface area contributed by atoms with Gasteiger partial charge in [-0.3, -0.25) is 0 Å². The largest absolute Gasteiger partial charge is 0.309 e. The van der Waals surface area contributed by atoms with Gasteiger partial charge >= 0.3 is 0 Å². The number of hydrogen-bond acceptors (Lipinski definition) is 1. The molecule has 0 amide bonds. The maximum absolute atomic E-state index is 7.28. The minimum absolute atomic E-state index is 0.650. The van der Waals surface area contributed by atoms with Gasteiger partial charge in [0.25, 0.3) is 0 Å². The van der Waals surface area contributed by atoms with Gasteiger partial charge in [0.2, 0.25) is 0 Å². The van der Waals surface area contributed by atoms with Gasteiger partial charge in [-0.1, -0.05) is 56.3 Å². The van der Waals surface area contributed by atoms with Crippen molar-refractivity contribution in [2.24, 2.45) is 5.92 Å². The molecule has 1 N–H and O–H groups in total. The van der Waals surface area contributed by atoms with Crippen molar-refractivity contribution >= 4 is 11.8 Å². The van der Waals surface area contributed by atoms with E-state index in [1.54, 1.807) is 0 Å². The number of rotatable bonds is 8. The first-order chi connectivity index (χ1) is 9.27. The van der Waals surface area contributed by atoms with Crippen LogP contribution in [-0.4, -0.2) is 6.21 Å². The summed E-state index contributed by atoms with van der Waals surface area (Å²) in [4.78, 5) is 0. The highest BCUT2D eigenvalue weighted by Crippen LogP contribution is 2.21. The van der Waals surface area contributed by atoms with E-state index in [9.17, 15) is 0 Å². The minimum atomic E-state index is 0.650. The molecule has 1 rings (SSSR count). The molecule has 0 aliphatic rings. The van der Waals surface area contributed by atoms with Crippen molar-refractivity contribution in [2.45, 2.75) is 39.5 Å². The Morgan fingerprint density at radius 3 is 2.63 bits per heavy atom. The van der Waals surface area contributed by atoms with Gasteiger partial charge in [-0.05, 0) is 48.8 Å². The Morgan fingerprint density at radius 2 is 2.00 bits per heavy atom. The summed E-state index contributed by atoms with van der Waals surface area (Å²) in [6, 6.07) is 10.4. The molecule has 0 heterocycles. The van der Waals surface area contributed by atoms with Crippen LogP contribution in [0.5, 0.6) is 0 Å². The fraction of sp³-hybridized carbons (Fsp3) is 0.389. The highest BCUT2D eigenvalue weighted by Gasteiger charge is 2.02. The van der Waals surface area contributed by atoms with E-state index < -0.39 is 0 Å². The van der Waals surface area contributed by atoms with E-state index in [4.69, 9.17) is 5.41 Å². The van der Waals surface area contributed by atoms with Crippen LogP contribution >= 0.6 is 0 Å². The maximum Gasteiger partial charge on any atom is 0.0180 e. The lowest BCUT2D eigenvalue weighted by Gasteiger charge is -2.09. The van der Waals surface area contributed by atoms with Gasteiger partial charge in [0.05, 0.1) is 0 Å². The lowest BCUT2D eigenvalue weighted by Crippen LogP contribution is -1.92. The van der Waals surface area contributed by atoms with E-state index >= 15 is 0 Å². The Balaban J connectivity index is 2.50. The molecule has 0 unspecified atom stereocenters. The Bertz CT molecular complexity index is 415. The molecule has 0 saturated heterocycles. The van der Waals surface area contributed by atoms with E-state index in [0.717, 1.165) is 12.8 Å². The second kappa shape index (κ2) is 9.32. The molecule has 0 saturated carbocycles. The molecule has 1 nitrogen and oxygen atoms in total. The summed E-state index contributed by atoms with van der Waals surface area (Å²) < 4.78 is 0. The highest BCUT2D eigenvalue weighted by molar-refractivity contribution is 5.82. The summed E-state index contributed by atoms with van der Waals surface area (Å²) >= 11 is 0. The van der Waals surface area contributed by atoms with Gasteiger partial charge in [-0.25, -0.2) is 0 Å². The minimum Gasteiger partial charge on any atom is -0.309 e. The van der Waals surface area contributed by atoms with Gasteiger partial charge in [-0.2, -0.15) is 0 Å². The second-order valence-electron chi connectivity index (χ2n) is 4.93. The third-order valence-electron chi connectivity index (χ3n) is 3.23. The molecule has 0 spiro atoms. The van der Waals surface area contributed by atoms with Crippen LogP contribution < -0.4 is 0 Å². The van der Waals surface area contributed by atoms with Gasteiger partial charge in [0.15, 0.2) is 0 Å². The molecule has 0 aliphatic heterocycles. The number of hydrogen-bond donors (Lipinski definition) is 1. The lowest BCUT2D eigenvalue weighted by atomic mass is 9.96. The van der Waals surface area contributed by atoms with Gasteiger partial charge in [0, 0.05) is 6.21 Å². The van der Waals surface area contributed by atoms with Crippen LogP contribution in [0.3, 0.4) is 0 Å². The summed E-state index contributed by atoms with van der Waals surface area (Å²) in [7, 11) is 0. The predicted octanol–water partition coefficient (Wildman–Crippen LogP) is 5.49. The fourth-order valence-corrected chi connectivity index (χ4v) is 2.16. The molecule has 19 heavy (non-hydrogen) atoms. The fourth-order valence-electron chi connectivity index (χ4n) is 2.16. The summed E-state index contributed by atoms with van der Waals surface area (Å²) in [5.41, 5.74) is 2.50. The average Bonchev–Trinajstić information content (AvgIpc) is 2.45. The SMILES string of the molecule is CC/C=C\[C@@H](C)CCC/C(=C\C=N)c1ccccc1. The van der Waals surface area contributed by atoms with Gasteiger partial charge < -0.3 is 5.41 Å². The normalized spacial score (nSPS) is 13.7. The van der Waals surface area contributed by atoms with E-state index in [1.807, 2.05) is 12.1 Å². The zero-order chi connectivity index (χ0) is 13.9. The average molecular weight is 255 g/mol. The monoisotopic (exact) mass is 255 g/mol. The molecule has 0 aromatic heterocycles. The topological polar surface area (TPSA) is 23.9 Å². The number of allylic oxidation sites excluding steroid dienone is 4. The third-order valence-corrected chi connectivity index (χ3v) is 3.23. The maximum atomic E-state index is 7.28. The van der Waals surface area contributed by atoms with Crippen molar-refractivity contribution < 1.29 is 0 Å². The molecule has 0 radical (unpaired) electrons. The van der Waals surface area contributed by atoms with Crippen LogP contribution in [0.2, 0.25) is 0 Å². The zero-order valence-corrected chi connectivity index (χ0v) is 12.1. The Kier molecular flexibility index (Phi) is 7.57. The van der Waals surface area contributed by atoms with Crippen LogP contribution in [0.1, 0.15) is 45.1 Å². The quantitative estimate of drug-likeness (QED) is 0.469. The molecule has 0 bridgehead atoms. The standard InChI is InChI=1S/C18H25N/c1-3-4-9-16(2)10-8-13-18(14-15-19)17-11-6-5-7-12-17/h4-7,9,11-12,14-16,19H,3,8,10,13H2,1-2H3/b9-4-,18-14+,19-15?/t16-/m1/s1. The first kappa shape index (κ1) is 15.4. The molecular formula is C18H25N. The van der Waals surface area contributed by atoms with E-state index in [-0.39, 0.29) is 0 Å². The third kappa shape index (κ3) is 6.19. The molecule has 1 atom stereocenters. The van der Waals surface area contributed by atoms with Crippen LogP contribution in [-0.2, 0) is 0 Å². The van der Waals surface area contributed by atoms with Gasteiger partial charge in [-0.15, -0.1) is 0 Å². The summed E-state index contributed by atoms with van der Waals surface area (Å²) in [5.74, 6) is 0.650.